The molecule has 0 N–H and O–H groups in total. The Morgan fingerprint density at radius 2 is 1.83 bits per heavy atom. The number of amides is 2. The van der Waals surface area contributed by atoms with Gasteiger partial charge in [-0.1, -0.05) is 6.07 Å². The summed E-state index contributed by atoms with van der Waals surface area (Å²) in [6.45, 7) is 0.818. The zero-order valence-electron chi connectivity index (χ0n) is 12.4. The van der Waals surface area contributed by atoms with Gasteiger partial charge in [0.15, 0.2) is 0 Å². The molecule has 8 heteroatoms. The second-order valence-corrected chi connectivity index (χ2v) is 7.36. The van der Waals surface area contributed by atoms with E-state index in [9.17, 15) is 21.9 Å². The Morgan fingerprint density at radius 3 is 2.43 bits per heavy atom. The summed E-state index contributed by atoms with van der Waals surface area (Å²) in [6, 6.07) is 7.03. The van der Waals surface area contributed by atoms with Crippen molar-refractivity contribution in [2.75, 3.05) is 28.6 Å². The van der Waals surface area contributed by atoms with Gasteiger partial charge in [-0.3, -0.25) is 9.59 Å². The zero-order chi connectivity index (χ0) is 16.6. The van der Waals surface area contributed by atoms with Gasteiger partial charge in [-0.15, -0.1) is 3.89 Å². The molecule has 1 atom stereocenters. The maximum Gasteiger partial charge on any atom is 0.302 e. The molecule has 3 rings (SSSR count). The highest BCUT2D eigenvalue weighted by molar-refractivity contribution is 7.86. The predicted molar refractivity (Wildman–Crippen MR) is 83.4 cm³/mol. The molecule has 1 aromatic carbocycles. The molecule has 0 saturated carbocycles. The van der Waals surface area contributed by atoms with E-state index in [1.165, 1.54) is 4.90 Å². The molecule has 2 saturated heterocycles. The number of carbonyl (C=O) groups excluding carboxylic acids is 2. The van der Waals surface area contributed by atoms with Crippen molar-refractivity contribution in [3.63, 3.8) is 0 Å². The first-order valence-electron chi connectivity index (χ1n) is 7.46. The molecule has 124 valence electrons. The van der Waals surface area contributed by atoms with E-state index in [-0.39, 0.29) is 24.8 Å². The highest BCUT2D eigenvalue weighted by Crippen LogP contribution is 2.30. The lowest BCUT2D eigenvalue weighted by atomic mass is 10.1. The van der Waals surface area contributed by atoms with Crippen LogP contribution in [0.3, 0.4) is 0 Å². The van der Waals surface area contributed by atoms with Gasteiger partial charge in [-0.05, 0) is 24.6 Å². The molecule has 0 bridgehead atoms. The van der Waals surface area contributed by atoms with Gasteiger partial charge in [-0.2, -0.15) is 8.42 Å². The van der Waals surface area contributed by atoms with Crippen LogP contribution in [-0.4, -0.2) is 39.1 Å². The van der Waals surface area contributed by atoms with E-state index in [1.807, 2.05) is 0 Å². The fourth-order valence-corrected chi connectivity index (χ4v) is 3.96. The number of hydrogen-bond donors (Lipinski definition) is 0. The smallest absolute Gasteiger partial charge is 0.302 e. The van der Waals surface area contributed by atoms with Gasteiger partial charge in [0.2, 0.25) is 11.8 Å². The molecule has 6 nitrogen and oxygen atoms in total. The summed E-state index contributed by atoms with van der Waals surface area (Å²) in [6.07, 6.45) is 1.33. The van der Waals surface area contributed by atoms with Crippen LogP contribution in [0.25, 0.3) is 0 Å². The van der Waals surface area contributed by atoms with Gasteiger partial charge in [-0.25, -0.2) is 0 Å². The highest BCUT2D eigenvalue weighted by atomic mass is 32.3. The van der Waals surface area contributed by atoms with E-state index in [2.05, 4.69) is 0 Å². The van der Waals surface area contributed by atoms with Gasteiger partial charge in [0, 0.05) is 43.2 Å². The minimum atomic E-state index is -4.60. The van der Waals surface area contributed by atoms with Gasteiger partial charge < -0.3 is 9.80 Å². The number of hydrogen-bond acceptors (Lipinski definition) is 4. The van der Waals surface area contributed by atoms with Crippen LogP contribution in [0, 0.1) is 5.92 Å². The first-order chi connectivity index (χ1) is 10.8. The van der Waals surface area contributed by atoms with Crippen molar-refractivity contribution in [1.29, 1.82) is 0 Å². The van der Waals surface area contributed by atoms with Gasteiger partial charge in [0.1, 0.15) is 0 Å². The van der Waals surface area contributed by atoms with E-state index in [0.717, 1.165) is 12.1 Å². The van der Waals surface area contributed by atoms with Crippen LogP contribution in [0.5, 0.6) is 0 Å². The van der Waals surface area contributed by atoms with Crippen LogP contribution < -0.4 is 9.80 Å². The summed E-state index contributed by atoms with van der Waals surface area (Å²) in [7, 11) is -4.60. The van der Waals surface area contributed by atoms with Crippen molar-refractivity contribution in [3.05, 3.63) is 24.3 Å². The Balaban J connectivity index is 1.79. The number of carbonyl (C=O) groups is 2. The quantitative estimate of drug-likeness (QED) is 0.778. The maximum absolute atomic E-state index is 12.8. The molecule has 2 aliphatic heterocycles. The number of halogens is 1. The summed E-state index contributed by atoms with van der Waals surface area (Å²) in [5.41, 5.74) is 1.32. The van der Waals surface area contributed by atoms with Crippen LogP contribution in [-0.2, 0) is 19.8 Å². The number of anilines is 2. The summed E-state index contributed by atoms with van der Waals surface area (Å²) in [5.74, 6) is -1.37. The third-order valence-electron chi connectivity index (χ3n) is 4.17. The molecule has 0 aromatic heterocycles. The Kier molecular flexibility index (Phi) is 4.09. The Hall–Kier alpha value is -1.96. The van der Waals surface area contributed by atoms with Gasteiger partial charge in [0.05, 0.1) is 5.75 Å². The SMILES string of the molecule is O=C1CCCN1c1cccc(N2CC(CS(=O)(=O)F)CC2=O)c1. The maximum atomic E-state index is 12.8. The van der Waals surface area contributed by atoms with Gasteiger partial charge in [0.25, 0.3) is 0 Å². The second-order valence-electron chi connectivity index (χ2n) is 5.95. The standard InChI is InChI=1S/C15H17FN2O4S/c16-23(21,22)10-11-7-15(20)18(9-11)13-4-1-3-12(8-13)17-6-2-5-14(17)19/h1,3-4,8,11H,2,5-7,9-10H2. The molecular weight excluding hydrogens is 323 g/mol. The monoisotopic (exact) mass is 340 g/mol. The summed E-state index contributed by atoms with van der Waals surface area (Å²) in [4.78, 5) is 27.0. The molecule has 1 aromatic rings. The van der Waals surface area contributed by atoms with Crippen molar-refractivity contribution in [2.24, 2.45) is 5.92 Å². The molecule has 23 heavy (non-hydrogen) atoms. The van der Waals surface area contributed by atoms with Crippen LogP contribution in [0.2, 0.25) is 0 Å². The van der Waals surface area contributed by atoms with Crippen LogP contribution in [0.4, 0.5) is 15.3 Å². The second kappa shape index (κ2) is 5.92. The Labute approximate surface area is 134 Å². The van der Waals surface area contributed by atoms with E-state index < -0.39 is 21.9 Å². The minimum absolute atomic E-state index is 0.00994. The van der Waals surface area contributed by atoms with E-state index in [1.54, 1.807) is 29.2 Å². The van der Waals surface area contributed by atoms with Crippen LogP contribution >= 0.6 is 0 Å². The molecular formula is C15H17FN2O4S. The van der Waals surface area contributed by atoms with Crippen molar-refractivity contribution < 1.29 is 21.9 Å². The molecule has 1 unspecified atom stereocenters. The van der Waals surface area contributed by atoms with Crippen molar-refractivity contribution in [1.82, 2.24) is 0 Å². The topological polar surface area (TPSA) is 74.8 Å². The molecule has 0 spiro atoms. The third-order valence-corrected chi connectivity index (χ3v) is 5.04. The molecule has 0 aliphatic carbocycles. The molecule has 2 amide bonds. The van der Waals surface area contributed by atoms with Crippen molar-refractivity contribution in [3.8, 4) is 0 Å². The molecule has 2 fully saturated rings. The fourth-order valence-electron chi connectivity index (χ4n) is 3.17. The molecule has 2 aliphatic rings. The first kappa shape index (κ1) is 15.9. The first-order valence-corrected chi connectivity index (χ1v) is 9.02. The predicted octanol–water partition coefficient (Wildman–Crippen LogP) is 1.47. The van der Waals surface area contributed by atoms with Gasteiger partial charge >= 0.3 is 10.2 Å². The van der Waals surface area contributed by atoms with Crippen LogP contribution in [0.1, 0.15) is 19.3 Å². The lowest BCUT2D eigenvalue weighted by molar-refractivity contribution is -0.117. The van der Waals surface area contributed by atoms with Crippen molar-refractivity contribution >= 4 is 33.4 Å². The lowest BCUT2D eigenvalue weighted by Crippen LogP contribution is -2.27. The molecule has 2 heterocycles. The number of rotatable bonds is 4. The van der Waals surface area contributed by atoms with E-state index in [0.29, 0.717) is 18.7 Å². The van der Waals surface area contributed by atoms with Crippen LogP contribution in [0.15, 0.2) is 24.3 Å². The van der Waals surface area contributed by atoms with Crippen molar-refractivity contribution in [2.45, 2.75) is 19.3 Å². The largest absolute Gasteiger partial charge is 0.312 e. The Morgan fingerprint density at radius 1 is 1.13 bits per heavy atom. The Bertz CT molecular complexity index is 750. The summed E-state index contributed by atoms with van der Waals surface area (Å²) >= 11 is 0. The number of nitrogens with zero attached hydrogens (tertiary/aromatic N) is 2. The molecule has 0 radical (unpaired) electrons. The third kappa shape index (κ3) is 3.52. The lowest BCUT2D eigenvalue weighted by Gasteiger charge is -2.21. The highest BCUT2D eigenvalue weighted by Gasteiger charge is 2.34. The number of benzene rings is 1. The summed E-state index contributed by atoms with van der Waals surface area (Å²) < 4.78 is 34.3. The fraction of sp³-hybridized carbons (Fsp3) is 0.467. The van der Waals surface area contributed by atoms with E-state index in [4.69, 9.17) is 0 Å². The normalized spacial score (nSPS) is 22.2. The minimum Gasteiger partial charge on any atom is -0.312 e. The summed E-state index contributed by atoms with van der Waals surface area (Å²) in [5, 5.41) is 0. The zero-order valence-corrected chi connectivity index (χ0v) is 13.3. The average molecular weight is 340 g/mol. The van der Waals surface area contributed by atoms with E-state index >= 15 is 0 Å². The average Bonchev–Trinajstić information content (AvgIpc) is 3.03.